The molecule has 1 unspecified atom stereocenters. The van der Waals surface area contributed by atoms with Gasteiger partial charge in [0.05, 0.1) is 12.4 Å². The molecule has 0 heterocycles. The lowest BCUT2D eigenvalue weighted by atomic mass is 10.5. The van der Waals surface area contributed by atoms with E-state index in [2.05, 4.69) is 27.0 Å². The lowest BCUT2D eigenvalue weighted by molar-refractivity contribution is 0.357. The number of thiol groups is 2. The molecule has 0 aliphatic rings. The van der Waals surface area contributed by atoms with Crippen molar-refractivity contribution >= 4 is 41.4 Å². The van der Waals surface area contributed by atoms with Gasteiger partial charge in [0.2, 0.25) is 0 Å². The smallest absolute Gasteiger partial charge is 0.198 e. The van der Waals surface area contributed by atoms with Gasteiger partial charge in [-0.1, -0.05) is 0 Å². The van der Waals surface area contributed by atoms with E-state index in [1.165, 1.54) is 0 Å². The van der Waals surface area contributed by atoms with E-state index in [0.717, 1.165) is 0 Å². The summed E-state index contributed by atoms with van der Waals surface area (Å²) in [6.45, 7) is 0.0957. The molecule has 0 amide bonds. The van der Waals surface area contributed by atoms with Crippen LogP contribution in [0.25, 0.3) is 0 Å². The summed E-state index contributed by atoms with van der Waals surface area (Å²) in [5.74, 6) is -0.0887. The molecule has 0 spiro atoms. The van der Waals surface area contributed by atoms with Crippen LogP contribution in [-0.2, 0) is 33.9 Å². The highest BCUT2D eigenvalue weighted by molar-refractivity contribution is 8.63. The highest BCUT2D eigenvalue weighted by Gasteiger charge is 2.01. The molecule has 0 aromatic heterocycles. The Kier molecular flexibility index (Phi) is 5.61. The SMILES string of the molecule is O=[SH](=S)OCCCS(=O)(=O)S. The zero-order chi connectivity index (χ0) is 8.91. The summed E-state index contributed by atoms with van der Waals surface area (Å²) in [4.78, 5) is 0. The second kappa shape index (κ2) is 5.31. The first-order valence-electron chi connectivity index (χ1n) is 2.64. The average Bonchev–Trinajstić information content (AvgIpc) is 1.78. The molecule has 0 aromatic carbocycles. The number of hydrogen-bond donors (Lipinski definition) is 2. The van der Waals surface area contributed by atoms with E-state index in [4.69, 9.17) is 0 Å². The van der Waals surface area contributed by atoms with Gasteiger partial charge in [-0.3, -0.25) is 4.18 Å². The number of hydrogen-bond acceptors (Lipinski definition) is 5. The molecular weight excluding hydrogens is 228 g/mol. The van der Waals surface area contributed by atoms with Crippen LogP contribution in [0.3, 0.4) is 0 Å². The van der Waals surface area contributed by atoms with Crippen molar-refractivity contribution in [1.29, 1.82) is 0 Å². The fourth-order valence-electron chi connectivity index (χ4n) is 0.380. The second-order valence-corrected chi connectivity index (χ2v) is 6.54. The summed E-state index contributed by atoms with van der Waals surface area (Å²) in [6, 6.07) is 0. The summed E-state index contributed by atoms with van der Waals surface area (Å²) < 4.78 is 35.4. The molecule has 4 nitrogen and oxygen atoms in total. The molecule has 0 radical (unpaired) electrons. The minimum Gasteiger partial charge on any atom is -0.292 e. The maximum absolute atomic E-state index is 10.4. The van der Waals surface area contributed by atoms with Crippen LogP contribution in [0.2, 0.25) is 0 Å². The van der Waals surface area contributed by atoms with Crippen LogP contribution in [-0.4, -0.2) is 25.0 Å². The minimum absolute atomic E-state index is 0.0887. The topological polar surface area (TPSA) is 60.4 Å². The van der Waals surface area contributed by atoms with Crippen molar-refractivity contribution in [3.8, 4) is 0 Å². The summed E-state index contributed by atoms with van der Waals surface area (Å²) in [6.07, 6.45) is 0.267. The summed E-state index contributed by atoms with van der Waals surface area (Å²) in [5, 5.41) is 0. The Morgan fingerprint density at radius 1 is 1.55 bits per heavy atom. The van der Waals surface area contributed by atoms with Crippen LogP contribution in [0.4, 0.5) is 0 Å². The van der Waals surface area contributed by atoms with Crippen LogP contribution >= 0.6 is 11.7 Å². The van der Waals surface area contributed by atoms with Gasteiger partial charge in [-0.05, 0) is 18.1 Å². The van der Waals surface area contributed by atoms with E-state index < -0.39 is 18.5 Å². The molecule has 1 atom stereocenters. The Hall–Kier alpha value is 0.630. The molecule has 0 aliphatic carbocycles. The lowest BCUT2D eigenvalue weighted by Crippen LogP contribution is -2.01. The monoisotopic (exact) mass is 236 g/mol. The molecule has 0 fully saturated rings. The third-order valence-corrected chi connectivity index (χ3v) is 2.81. The normalized spacial score (nSPS) is 14.6. The highest BCUT2D eigenvalue weighted by Crippen LogP contribution is 1.97. The van der Waals surface area contributed by atoms with Crippen LogP contribution in [0.5, 0.6) is 0 Å². The fourth-order valence-corrected chi connectivity index (χ4v) is 1.75. The predicted molar refractivity (Wildman–Crippen MR) is 50.2 cm³/mol. The van der Waals surface area contributed by atoms with Crippen LogP contribution in [0, 0.1) is 0 Å². The Labute approximate surface area is 77.0 Å². The largest absolute Gasteiger partial charge is 0.292 e. The van der Waals surface area contributed by atoms with Gasteiger partial charge in [0.25, 0.3) is 0 Å². The van der Waals surface area contributed by atoms with Crippen molar-refractivity contribution in [2.24, 2.45) is 0 Å². The van der Waals surface area contributed by atoms with Gasteiger partial charge in [0, 0.05) is 11.2 Å². The Balaban J connectivity index is 3.44. The third kappa shape index (κ3) is 10.6. The van der Waals surface area contributed by atoms with E-state index in [9.17, 15) is 12.6 Å². The standard InChI is InChI=1S/C3H8O4S4/c4-10(8)7-2-1-3-11(5,6)9/h10H,1-3H2,(H,5,6,9). The quantitative estimate of drug-likeness (QED) is 0.383. The van der Waals surface area contributed by atoms with E-state index in [1.54, 1.807) is 0 Å². The zero-order valence-electron chi connectivity index (χ0n) is 5.47. The number of rotatable bonds is 5. The Morgan fingerprint density at radius 2 is 2.09 bits per heavy atom. The van der Waals surface area contributed by atoms with Gasteiger partial charge in [-0.25, -0.2) is 12.6 Å². The Bertz CT molecular complexity index is 255. The maximum Gasteiger partial charge on any atom is 0.198 e. The van der Waals surface area contributed by atoms with Crippen LogP contribution in [0.1, 0.15) is 6.42 Å². The first-order valence-corrected chi connectivity index (χ1v) is 7.54. The summed E-state index contributed by atoms with van der Waals surface area (Å²) >= 11 is 7.50. The van der Waals surface area contributed by atoms with Gasteiger partial charge in [-0.2, -0.15) is 0 Å². The molecule has 11 heavy (non-hydrogen) atoms. The first kappa shape index (κ1) is 11.6. The van der Waals surface area contributed by atoms with Gasteiger partial charge in [-0.15, -0.1) is 0 Å². The van der Waals surface area contributed by atoms with Crippen LogP contribution in [0.15, 0.2) is 0 Å². The van der Waals surface area contributed by atoms with E-state index in [0.29, 0.717) is 0 Å². The van der Waals surface area contributed by atoms with Crippen molar-refractivity contribution in [1.82, 2.24) is 0 Å². The maximum atomic E-state index is 10.4. The molecule has 8 heteroatoms. The van der Waals surface area contributed by atoms with Crippen molar-refractivity contribution in [2.75, 3.05) is 12.4 Å². The molecule has 68 valence electrons. The molecule has 0 aromatic rings. The van der Waals surface area contributed by atoms with Gasteiger partial charge in [0.15, 0.2) is 8.87 Å². The predicted octanol–water partition coefficient (Wildman–Crippen LogP) is -0.489. The third-order valence-electron chi connectivity index (χ3n) is 0.743. The highest BCUT2D eigenvalue weighted by atomic mass is 33.1. The average molecular weight is 236 g/mol. The second-order valence-electron chi connectivity index (χ2n) is 1.70. The Morgan fingerprint density at radius 3 is 2.45 bits per heavy atom. The molecule has 0 bridgehead atoms. The molecule has 0 N–H and O–H groups in total. The van der Waals surface area contributed by atoms with E-state index in [-0.39, 0.29) is 18.8 Å². The summed E-state index contributed by atoms with van der Waals surface area (Å²) in [5.41, 5.74) is 0. The van der Waals surface area contributed by atoms with Gasteiger partial charge >= 0.3 is 0 Å². The fraction of sp³-hybridized carbons (Fsp3) is 1.00. The molecule has 0 saturated carbocycles. The molecule has 0 rings (SSSR count). The first-order chi connectivity index (χ1) is 4.92. The van der Waals surface area contributed by atoms with Crippen LogP contribution < -0.4 is 0 Å². The van der Waals surface area contributed by atoms with Crippen molar-refractivity contribution < 1.29 is 16.8 Å². The van der Waals surface area contributed by atoms with E-state index in [1.807, 2.05) is 0 Å². The van der Waals surface area contributed by atoms with Gasteiger partial charge in [0.1, 0.15) is 9.64 Å². The lowest BCUT2D eigenvalue weighted by Gasteiger charge is -1.95. The minimum atomic E-state index is -3.24. The van der Waals surface area contributed by atoms with Gasteiger partial charge < -0.3 is 0 Å². The van der Waals surface area contributed by atoms with Crippen molar-refractivity contribution in [2.45, 2.75) is 6.42 Å². The van der Waals surface area contributed by atoms with Crippen molar-refractivity contribution in [3.05, 3.63) is 0 Å². The molecule has 0 saturated heterocycles. The zero-order valence-corrected chi connectivity index (χ0v) is 8.89. The summed E-state index contributed by atoms with van der Waals surface area (Å²) in [7, 11) is -5.27. The van der Waals surface area contributed by atoms with E-state index >= 15 is 0 Å². The molecular formula is C3H8O4S4. The molecule has 0 aliphatic heterocycles. The van der Waals surface area contributed by atoms with Crippen molar-refractivity contribution in [3.63, 3.8) is 0 Å².